The maximum absolute atomic E-state index is 13.1. The van der Waals surface area contributed by atoms with Gasteiger partial charge >= 0.3 is 6.18 Å². The van der Waals surface area contributed by atoms with Gasteiger partial charge in [0.05, 0.1) is 24.2 Å². The molecule has 5 nitrogen and oxygen atoms in total. The second-order valence-corrected chi connectivity index (χ2v) is 6.63. The fraction of sp³-hybridized carbons (Fsp3) is 0.333. The first-order valence-corrected chi connectivity index (χ1v) is 9.27. The molecule has 1 aliphatic rings. The van der Waals surface area contributed by atoms with E-state index in [9.17, 15) is 22.8 Å². The molecule has 154 valence electrons. The van der Waals surface area contributed by atoms with Crippen LogP contribution in [0.4, 0.5) is 13.2 Å². The first kappa shape index (κ1) is 20.7. The van der Waals surface area contributed by atoms with Crippen LogP contribution >= 0.6 is 0 Å². The number of hydrogen-bond acceptors (Lipinski definition) is 3. The Labute approximate surface area is 166 Å². The number of hydrogen-bond donors (Lipinski definition) is 0. The number of piperazine rings is 1. The van der Waals surface area contributed by atoms with Gasteiger partial charge in [0, 0.05) is 26.2 Å². The highest BCUT2D eigenvalue weighted by molar-refractivity contribution is 5.96. The minimum Gasteiger partial charge on any atom is -0.493 e. The quantitative estimate of drug-likeness (QED) is 0.764. The number of rotatable bonds is 5. The number of benzene rings is 2. The number of carbonyl (C=O) groups is 2. The Bertz CT molecular complexity index is 848. The molecule has 2 aromatic rings. The molecule has 0 N–H and O–H groups in total. The van der Waals surface area contributed by atoms with Crippen LogP contribution in [0.2, 0.25) is 0 Å². The van der Waals surface area contributed by atoms with Gasteiger partial charge in [-0.25, -0.2) is 0 Å². The Hall–Kier alpha value is -3.03. The third-order valence-electron chi connectivity index (χ3n) is 4.71. The monoisotopic (exact) mass is 406 g/mol. The Morgan fingerprint density at radius 2 is 1.45 bits per heavy atom. The summed E-state index contributed by atoms with van der Waals surface area (Å²) in [5.41, 5.74) is -1.31. The number of nitrogens with zero attached hydrogens (tertiary/aromatic N) is 2. The first-order chi connectivity index (χ1) is 13.9. The molecule has 0 radical (unpaired) electrons. The molecule has 0 saturated carbocycles. The van der Waals surface area contributed by atoms with E-state index in [4.69, 9.17) is 4.74 Å². The van der Waals surface area contributed by atoms with Crippen LogP contribution in [0.3, 0.4) is 0 Å². The number of amides is 2. The lowest BCUT2D eigenvalue weighted by atomic mass is 10.1. The van der Waals surface area contributed by atoms with Gasteiger partial charge in [0.15, 0.2) is 0 Å². The second kappa shape index (κ2) is 8.98. The standard InChI is InChI=1S/C21H21F3N2O3/c22-21(23,24)18-9-5-4-8-17(18)20(28)26-13-11-25(12-14-26)19(27)10-15-29-16-6-2-1-3-7-16/h1-9H,10-15H2. The molecule has 0 atom stereocenters. The van der Waals surface area contributed by atoms with Crippen LogP contribution in [-0.2, 0) is 11.0 Å². The molecule has 0 spiro atoms. The highest BCUT2D eigenvalue weighted by atomic mass is 19.4. The maximum atomic E-state index is 13.1. The lowest BCUT2D eigenvalue weighted by Gasteiger charge is -2.35. The molecule has 1 saturated heterocycles. The normalized spacial score (nSPS) is 14.6. The lowest BCUT2D eigenvalue weighted by molar-refractivity contribution is -0.138. The molecule has 1 heterocycles. The Kier molecular flexibility index (Phi) is 6.41. The van der Waals surface area contributed by atoms with Crippen LogP contribution < -0.4 is 4.74 Å². The van der Waals surface area contributed by atoms with Crippen molar-refractivity contribution in [3.8, 4) is 5.75 Å². The minimum atomic E-state index is -4.59. The van der Waals surface area contributed by atoms with Crippen LogP contribution in [0.5, 0.6) is 5.75 Å². The van der Waals surface area contributed by atoms with Gasteiger partial charge in [-0.3, -0.25) is 9.59 Å². The average molecular weight is 406 g/mol. The summed E-state index contributed by atoms with van der Waals surface area (Å²) < 4.78 is 45.0. The molecule has 29 heavy (non-hydrogen) atoms. The average Bonchev–Trinajstić information content (AvgIpc) is 2.73. The smallest absolute Gasteiger partial charge is 0.417 e. The molecule has 1 aliphatic heterocycles. The van der Waals surface area contributed by atoms with E-state index in [-0.39, 0.29) is 50.7 Å². The predicted octanol–water partition coefficient (Wildman–Crippen LogP) is 3.46. The van der Waals surface area contributed by atoms with E-state index in [2.05, 4.69) is 0 Å². The largest absolute Gasteiger partial charge is 0.493 e. The van der Waals surface area contributed by atoms with Crippen molar-refractivity contribution in [2.75, 3.05) is 32.8 Å². The van der Waals surface area contributed by atoms with Crippen molar-refractivity contribution in [1.82, 2.24) is 9.80 Å². The summed E-state index contributed by atoms with van der Waals surface area (Å²) in [6.45, 7) is 1.18. The van der Waals surface area contributed by atoms with Gasteiger partial charge in [-0.05, 0) is 24.3 Å². The van der Waals surface area contributed by atoms with Crippen molar-refractivity contribution in [1.29, 1.82) is 0 Å². The van der Waals surface area contributed by atoms with E-state index in [1.165, 1.54) is 23.1 Å². The molecule has 2 amide bonds. The van der Waals surface area contributed by atoms with Gasteiger partial charge < -0.3 is 14.5 Å². The number of alkyl halides is 3. The summed E-state index contributed by atoms with van der Waals surface area (Å²) in [5, 5.41) is 0. The third-order valence-corrected chi connectivity index (χ3v) is 4.71. The zero-order chi connectivity index (χ0) is 20.9. The topological polar surface area (TPSA) is 49.9 Å². The van der Waals surface area contributed by atoms with E-state index in [0.717, 1.165) is 6.07 Å². The number of carbonyl (C=O) groups excluding carboxylic acids is 2. The molecular formula is C21H21F3N2O3. The second-order valence-electron chi connectivity index (χ2n) is 6.63. The predicted molar refractivity (Wildman–Crippen MR) is 100 cm³/mol. The fourth-order valence-corrected chi connectivity index (χ4v) is 3.18. The van der Waals surface area contributed by atoms with Crippen LogP contribution in [0, 0.1) is 0 Å². The summed E-state index contributed by atoms with van der Waals surface area (Å²) in [6.07, 6.45) is -4.40. The molecule has 0 aliphatic carbocycles. The van der Waals surface area contributed by atoms with Crippen LogP contribution in [0.25, 0.3) is 0 Å². The van der Waals surface area contributed by atoms with Crippen molar-refractivity contribution in [3.05, 3.63) is 65.7 Å². The molecule has 0 aromatic heterocycles. The molecule has 3 rings (SSSR count). The van der Waals surface area contributed by atoms with Crippen molar-refractivity contribution in [3.63, 3.8) is 0 Å². The summed E-state index contributed by atoms with van der Waals surface area (Å²) in [4.78, 5) is 27.9. The number of ether oxygens (including phenoxy) is 1. The van der Waals surface area contributed by atoms with Crippen molar-refractivity contribution < 1.29 is 27.5 Å². The molecule has 0 bridgehead atoms. The van der Waals surface area contributed by atoms with Crippen molar-refractivity contribution >= 4 is 11.8 Å². The van der Waals surface area contributed by atoms with Gasteiger partial charge in [-0.1, -0.05) is 30.3 Å². The molecule has 1 fully saturated rings. The van der Waals surface area contributed by atoms with E-state index >= 15 is 0 Å². The lowest BCUT2D eigenvalue weighted by Crippen LogP contribution is -2.51. The Balaban J connectivity index is 1.51. The summed E-state index contributed by atoms with van der Waals surface area (Å²) >= 11 is 0. The van der Waals surface area contributed by atoms with Crippen LogP contribution in [0.15, 0.2) is 54.6 Å². The van der Waals surface area contributed by atoms with E-state index in [1.807, 2.05) is 18.2 Å². The maximum Gasteiger partial charge on any atom is 0.417 e. The molecule has 0 unspecified atom stereocenters. The van der Waals surface area contributed by atoms with Gasteiger partial charge in [-0.2, -0.15) is 13.2 Å². The van der Waals surface area contributed by atoms with Crippen LogP contribution in [-0.4, -0.2) is 54.4 Å². The van der Waals surface area contributed by atoms with Crippen LogP contribution in [0.1, 0.15) is 22.3 Å². The van der Waals surface area contributed by atoms with Crippen molar-refractivity contribution in [2.24, 2.45) is 0 Å². The zero-order valence-electron chi connectivity index (χ0n) is 15.7. The highest BCUT2D eigenvalue weighted by Gasteiger charge is 2.36. The van der Waals surface area contributed by atoms with Gasteiger partial charge in [0.2, 0.25) is 5.91 Å². The van der Waals surface area contributed by atoms with Gasteiger partial charge in [-0.15, -0.1) is 0 Å². The zero-order valence-corrected chi connectivity index (χ0v) is 15.7. The first-order valence-electron chi connectivity index (χ1n) is 9.27. The minimum absolute atomic E-state index is 0.108. The Morgan fingerprint density at radius 3 is 2.10 bits per heavy atom. The SMILES string of the molecule is O=C(CCOc1ccccc1)N1CCN(C(=O)c2ccccc2C(F)(F)F)CC1. The molecule has 2 aromatic carbocycles. The van der Waals surface area contributed by atoms with E-state index < -0.39 is 17.6 Å². The molecular weight excluding hydrogens is 385 g/mol. The highest BCUT2D eigenvalue weighted by Crippen LogP contribution is 2.32. The number of halogens is 3. The Morgan fingerprint density at radius 1 is 0.862 bits per heavy atom. The fourth-order valence-electron chi connectivity index (χ4n) is 3.18. The van der Waals surface area contributed by atoms with Crippen molar-refractivity contribution in [2.45, 2.75) is 12.6 Å². The molecule has 8 heteroatoms. The third kappa shape index (κ3) is 5.28. The summed E-state index contributed by atoms with van der Waals surface area (Å²) in [7, 11) is 0. The van der Waals surface area contributed by atoms with E-state index in [1.54, 1.807) is 17.0 Å². The van der Waals surface area contributed by atoms with Gasteiger partial charge in [0.25, 0.3) is 5.91 Å². The van der Waals surface area contributed by atoms with Gasteiger partial charge in [0.1, 0.15) is 5.75 Å². The van der Waals surface area contributed by atoms with E-state index in [0.29, 0.717) is 5.75 Å². The summed E-state index contributed by atoms with van der Waals surface area (Å²) in [5.74, 6) is -0.0970. The number of para-hydroxylation sites is 1. The summed E-state index contributed by atoms with van der Waals surface area (Å²) in [6, 6.07) is 13.9.